The van der Waals surface area contributed by atoms with Crippen molar-refractivity contribution in [3.63, 3.8) is 0 Å². The van der Waals surface area contributed by atoms with Gasteiger partial charge in [-0.25, -0.2) is 4.79 Å². The van der Waals surface area contributed by atoms with Crippen molar-refractivity contribution in [3.05, 3.63) is 39.6 Å². The summed E-state index contributed by atoms with van der Waals surface area (Å²) >= 11 is 1.38. The van der Waals surface area contributed by atoms with E-state index >= 15 is 0 Å². The zero-order valence-electron chi connectivity index (χ0n) is 18.1. The van der Waals surface area contributed by atoms with Crippen molar-refractivity contribution < 1.29 is 28.6 Å². The maximum absolute atomic E-state index is 12.7. The number of methoxy groups -OCH3 is 2. The predicted octanol–water partition coefficient (Wildman–Crippen LogP) is 4.35. The molecule has 0 saturated heterocycles. The van der Waals surface area contributed by atoms with Gasteiger partial charge in [0.05, 0.1) is 30.3 Å². The van der Waals surface area contributed by atoms with Crippen LogP contribution in [0.4, 0.5) is 5.69 Å². The van der Waals surface area contributed by atoms with Crippen molar-refractivity contribution in [2.45, 2.75) is 34.1 Å². The lowest BCUT2D eigenvalue weighted by molar-refractivity contribution is -0.123. The Morgan fingerprint density at radius 3 is 2.20 bits per heavy atom. The number of benzene rings is 1. The highest BCUT2D eigenvalue weighted by Gasteiger charge is 2.26. The van der Waals surface area contributed by atoms with Crippen molar-refractivity contribution in [2.24, 2.45) is 5.41 Å². The smallest absolute Gasteiger partial charge is 0.340 e. The number of carbonyl (C=O) groups is 3. The first kappa shape index (κ1) is 23.4. The Bertz CT molecular complexity index is 942. The Morgan fingerprint density at radius 1 is 1.03 bits per heavy atom. The van der Waals surface area contributed by atoms with Gasteiger partial charge in [-0.05, 0) is 18.6 Å². The van der Waals surface area contributed by atoms with E-state index in [-0.39, 0.29) is 22.9 Å². The quantitative estimate of drug-likeness (QED) is 0.492. The highest BCUT2D eigenvalue weighted by molar-refractivity contribution is 7.14. The van der Waals surface area contributed by atoms with Gasteiger partial charge in [0.15, 0.2) is 18.1 Å². The van der Waals surface area contributed by atoms with Crippen LogP contribution in [-0.4, -0.2) is 38.5 Å². The molecule has 0 radical (unpaired) electrons. The first-order valence-corrected chi connectivity index (χ1v) is 10.3. The van der Waals surface area contributed by atoms with Crippen molar-refractivity contribution in [1.82, 2.24) is 0 Å². The average molecular weight is 434 g/mol. The first-order valence-electron chi connectivity index (χ1n) is 9.47. The van der Waals surface area contributed by atoms with Gasteiger partial charge >= 0.3 is 5.97 Å². The Hall–Kier alpha value is -2.87. The Labute approximate surface area is 180 Å². The topological polar surface area (TPSA) is 90.9 Å². The minimum Gasteiger partial charge on any atom is -0.493 e. The fraction of sp³-hybridized carbons (Fsp3) is 0.409. The molecule has 2 aromatic rings. The molecule has 0 fully saturated rings. The summed E-state index contributed by atoms with van der Waals surface area (Å²) in [7, 11) is 2.89. The van der Waals surface area contributed by atoms with E-state index in [0.29, 0.717) is 16.4 Å². The molecule has 1 N–H and O–H groups in total. The van der Waals surface area contributed by atoms with E-state index in [1.807, 2.05) is 13.0 Å². The monoisotopic (exact) mass is 433 g/mol. The average Bonchev–Trinajstić information content (AvgIpc) is 3.20. The van der Waals surface area contributed by atoms with E-state index in [2.05, 4.69) is 5.32 Å². The van der Waals surface area contributed by atoms with E-state index in [4.69, 9.17) is 14.2 Å². The summed E-state index contributed by atoms with van der Waals surface area (Å²) in [5.41, 5.74) is -0.395. The summed E-state index contributed by atoms with van der Waals surface area (Å²) in [5.74, 6) is -0.671. The van der Waals surface area contributed by atoms with Gasteiger partial charge in [-0.3, -0.25) is 9.59 Å². The fourth-order valence-electron chi connectivity index (χ4n) is 2.46. The number of rotatable bonds is 8. The van der Waals surface area contributed by atoms with Crippen LogP contribution >= 0.6 is 11.3 Å². The summed E-state index contributed by atoms with van der Waals surface area (Å²) in [6.45, 7) is 6.87. The summed E-state index contributed by atoms with van der Waals surface area (Å²) in [6.07, 6.45) is 0.834. The third-order valence-corrected chi connectivity index (χ3v) is 5.56. The highest BCUT2D eigenvalue weighted by Crippen LogP contribution is 2.34. The number of hydrogen-bond donors (Lipinski definition) is 1. The first-order chi connectivity index (χ1) is 14.1. The molecule has 1 heterocycles. The molecule has 1 aromatic carbocycles. The van der Waals surface area contributed by atoms with Crippen LogP contribution in [0.5, 0.6) is 11.5 Å². The maximum atomic E-state index is 12.7. The lowest BCUT2D eigenvalue weighted by Gasteiger charge is -2.20. The van der Waals surface area contributed by atoms with Gasteiger partial charge in [0.25, 0.3) is 0 Å². The van der Waals surface area contributed by atoms with Crippen LogP contribution in [0.15, 0.2) is 24.3 Å². The molecule has 1 aromatic heterocycles. The van der Waals surface area contributed by atoms with Crippen LogP contribution in [0.3, 0.4) is 0 Å². The standard InChI is InChI=1S/C22H27NO6S/c1-7-13-8-9-19(30-13)16(24)12-29-20(25)14-10-17(27-5)18(28-6)11-15(14)23-21(26)22(2,3)4/h8-11H,7,12H2,1-6H3,(H,23,26). The van der Waals surface area contributed by atoms with E-state index in [9.17, 15) is 14.4 Å². The Kier molecular flexibility index (Phi) is 7.61. The summed E-state index contributed by atoms with van der Waals surface area (Å²) < 4.78 is 15.8. The number of ketones is 1. The molecule has 2 rings (SSSR count). The van der Waals surface area contributed by atoms with Crippen LogP contribution in [0.25, 0.3) is 0 Å². The molecule has 0 atom stereocenters. The fourth-order valence-corrected chi connectivity index (χ4v) is 3.33. The van der Waals surface area contributed by atoms with Gasteiger partial charge < -0.3 is 19.5 Å². The minimum absolute atomic E-state index is 0.0680. The summed E-state index contributed by atoms with van der Waals surface area (Å²) in [6, 6.07) is 6.52. The molecule has 0 aliphatic heterocycles. The molecule has 1 amide bonds. The van der Waals surface area contributed by atoms with Crippen LogP contribution in [0.2, 0.25) is 0 Å². The second-order valence-electron chi connectivity index (χ2n) is 7.58. The number of amides is 1. The number of nitrogens with one attached hydrogen (secondary N) is 1. The largest absolute Gasteiger partial charge is 0.493 e. The predicted molar refractivity (Wildman–Crippen MR) is 116 cm³/mol. The van der Waals surface area contributed by atoms with Gasteiger partial charge in [0, 0.05) is 22.4 Å². The molecule has 0 unspecified atom stereocenters. The zero-order valence-corrected chi connectivity index (χ0v) is 18.9. The molecule has 0 spiro atoms. The van der Waals surface area contributed by atoms with Gasteiger partial charge in [-0.1, -0.05) is 27.7 Å². The molecule has 0 aliphatic carbocycles. The molecule has 7 nitrogen and oxygen atoms in total. The number of carbonyl (C=O) groups excluding carboxylic acids is 3. The summed E-state index contributed by atoms with van der Waals surface area (Å²) in [5, 5.41) is 2.73. The molecule has 30 heavy (non-hydrogen) atoms. The molecule has 0 aliphatic rings. The van der Waals surface area contributed by atoms with Gasteiger partial charge in [0.1, 0.15) is 0 Å². The van der Waals surface area contributed by atoms with E-state index in [0.717, 1.165) is 11.3 Å². The minimum atomic E-state index is -0.749. The van der Waals surface area contributed by atoms with Gasteiger partial charge in [-0.2, -0.15) is 0 Å². The van der Waals surface area contributed by atoms with Gasteiger partial charge in [0.2, 0.25) is 11.7 Å². The van der Waals surface area contributed by atoms with Crippen molar-refractivity contribution >= 4 is 34.7 Å². The van der Waals surface area contributed by atoms with E-state index in [1.165, 1.54) is 37.7 Å². The number of anilines is 1. The molecule has 0 saturated carbocycles. The van der Waals surface area contributed by atoms with Crippen LogP contribution in [0.1, 0.15) is 52.6 Å². The number of thiophene rings is 1. The third kappa shape index (κ3) is 5.60. The lowest BCUT2D eigenvalue weighted by atomic mass is 9.95. The Balaban J connectivity index is 2.26. The van der Waals surface area contributed by atoms with Gasteiger partial charge in [-0.15, -0.1) is 11.3 Å². The van der Waals surface area contributed by atoms with Crippen molar-refractivity contribution in [3.8, 4) is 11.5 Å². The number of Topliss-reactive ketones (excluding diaryl/α,β-unsaturated/α-hetero) is 1. The second kappa shape index (κ2) is 9.75. The van der Waals surface area contributed by atoms with E-state index in [1.54, 1.807) is 26.8 Å². The highest BCUT2D eigenvalue weighted by atomic mass is 32.1. The number of esters is 1. The molecule has 8 heteroatoms. The molecule has 0 bridgehead atoms. The summed E-state index contributed by atoms with van der Waals surface area (Å²) in [4.78, 5) is 39.2. The second-order valence-corrected chi connectivity index (χ2v) is 8.74. The lowest BCUT2D eigenvalue weighted by Crippen LogP contribution is -2.28. The maximum Gasteiger partial charge on any atom is 0.340 e. The molecular formula is C22H27NO6S. The SMILES string of the molecule is CCc1ccc(C(=O)COC(=O)c2cc(OC)c(OC)cc2NC(=O)C(C)(C)C)s1. The van der Waals surface area contributed by atoms with Crippen molar-refractivity contribution in [2.75, 3.05) is 26.1 Å². The third-order valence-electron chi connectivity index (χ3n) is 4.29. The molecule has 162 valence electrons. The van der Waals surface area contributed by atoms with Crippen LogP contribution < -0.4 is 14.8 Å². The number of hydrogen-bond acceptors (Lipinski definition) is 7. The number of aryl methyl sites for hydroxylation is 1. The van der Waals surface area contributed by atoms with E-state index < -0.39 is 18.0 Å². The van der Waals surface area contributed by atoms with Crippen LogP contribution in [0, 0.1) is 5.41 Å². The van der Waals surface area contributed by atoms with Crippen LogP contribution in [-0.2, 0) is 16.0 Å². The van der Waals surface area contributed by atoms with Crippen molar-refractivity contribution in [1.29, 1.82) is 0 Å². The normalized spacial score (nSPS) is 11.0. The molecular weight excluding hydrogens is 406 g/mol. The Morgan fingerprint density at radius 2 is 1.67 bits per heavy atom. The zero-order chi connectivity index (χ0) is 22.5. The number of ether oxygens (including phenoxy) is 3.